The quantitative estimate of drug-likeness (QED) is 0.792. The Morgan fingerprint density at radius 1 is 1.32 bits per heavy atom. The minimum absolute atomic E-state index is 0.167. The van der Waals surface area contributed by atoms with Gasteiger partial charge in [-0.15, -0.1) is 0 Å². The van der Waals surface area contributed by atoms with Gasteiger partial charge in [-0.05, 0) is 49.5 Å². The molecule has 1 aromatic heterocycles. The number of halogens is 1. The highest BCUT2D eigenvalue weighted by molar-refractivity contribution is 5.19. The van der Waals surface area contributed by atoms with Crippen LogP contribution in [0.3, 0.4) is 0 Å². The Kier molecular flexibility index (Phi) is 4.35. The van der Waals surface area contributed by atoms with Crippen molar-refractivity contribution in [2.24, 2.45) is 5.92 Å². The van der Waals surface area contributed by atoms with Gasteiger partial charge in [-0.2, -0.15) is 5.10 Å². The van der Waals surface area contributed by atoms with E-state index in [4.69, 9.17) is 0 Å². The van der Waals surface area contributed by atoms with Crippen molar-refractivity contribution in [1.82, 2.24) is 20.1 Å². The van der Waals surface area contributed by atoms with Gasteiger partial charge in [0.2, 0.25) is 0 Å². The second-order valence-electron chi connectivity index (χ2n) is 5.73. The van der Waals surface area contributed by atoms with E-state index in [1.807, 2.05) is 0 Å². The summed E-state index contributed by atoms with van der Waals surface area (Å²) in [6, 6.07) is 6.03. The number of nitrogens with one attached hydrogen (secondary N) is 2. The van der Waals surface area contributed by atoms with Gasteiger partial charge < -0.3 is 5.11 Å². The highest BCUT2D eigenvalue weighted by Crippen LogP contribution is 2.31. The van der Waals surface area contributed by atoms with Crippen molar-refractivity contribution in [1.29, 1.82) is 0 Å². The molecule has 1 atom stereocenters. The zero-order valence-electron chi connectivity index (χ0n) is 12.1. The predicted octanol–water partition coefficient (Wildman–Crippen LogP) is 1.18. The molecule has 6 nitrogen and oxygen atoms in total. The summed E-state index contributed by atoms with van der Waals surface area (Å²) in [5, 5.41) is 16.7. The number of benzene rings is 1. The van der Waals surface area contributed by atoms with E-state index >= 15 is 0 Å². The standard InChI is InChI=1S/C15H19FN4O2/c16-12-3-1-10(2-4-12)14(21)11-5-7-20(8-6-11)9-13-17-15(22)19-18-13/h1-4,11,14,21H,5-9H2,(H2,17,18,19,22). The number of nitrogens with zero attached hydrogens (tertiary/aromatic N) is 2. The smallest absolute Gasteiger partial charge is 0.340 e. The van der Waals surface area contributed by atoms with E-state index < -0.39 is 6.10 Å². The number of aliphatic hydroxyl groups excluding tert-OH is 1. The average molecular weight is 306 g/mol. The first kappa shape index (κ1) is 14.9. The number of aromatic nitrogens is 3. The number of hydrogen-bond acceptors (Lipinski definition) is 4. The topological polar surface area (TPSA) is 85.0 Å². The van der Waals surface area contributed by atoms with Crippen LogP contribution >= 0.6 is 0 Å². The van der Waals surface area contributed by atoms with Crippen molar-refractivity contribution in [2.45, 2.75) is 25.5 Å². The third kappa shape index (κ3) is 3.42. The Morgan fingerprint density at radius 2 is 2.00 bits per heavy atom. The highest BCUT2D eigenvalue weighted by Gasteiger charge is 2.26. The molecule has 2 aromatic rings. The van der Waals surface area contributed by atoms with Crippen LogP contribution in [0.4, 0.5) is 4.39 Å². The molecule has 7 heteroatoms. The van der Waals surface area contributed by atoms with Gasteiger partial charge in [-0.1, -0.05) is 12.1 Å². The first-order valence-electron chi connectivity index (χ1n) is 7.41. The number of likely N-dealkylation sites (tertiary alicyclic amines) is 1. The molecular formula is C15H19FN4O2. The first-order valence-corrected chi connectivity index (χ1v) is 7.41. The second kappa shape index (κ2) is 6.41. The number of aromatic amines is 2. The molecule has 3 rings (SSSR count). The summed E-state index contributed by atoms with van der Waals surface area (Å²) in [6.07, 6.45) is 1.15. The summed E-state index contributed by atoms with van der Waals surface area (Å²) in [4.78, 5) is 15.8. The van der Waals surface area contributed by atoms with Gasteiger partial charge in [0.05, 0.1) is 12.6 Å². The van der Waals surface area contributed by atoms with E-state index in [1.165, 1.54) is 12.1 Å². The van der Waals surface area contributed by atoms with Gasteiger partial charge in [0.1, 0.15) is 11.6 Å². The normalized spacial score (nSPS) is 18.5. The van der Waals surface area contributed by atoms with Crippen LogP contribution in [0.25, 0.3) is 0 Å². The minimum atomic E-state index is -0.562. The number of H-pyrrole nitrogens is 2. The van der Waals surface area contributed by atoms with E-state index in [1.54, 1.807) is 12.1 Å². The van der Waals surface area contributed by atoms with Gasteiger partial charge >= 0.3 is 5.69 Å². The average Bonchev–Trinajstić information content (AvgIpc) is 2.93. The molecule has 1 unspecified atom stereocenters. The predicted molar refractivity (Wildman–Crippen MR) is 78.6 cm³/mol. The zero-order chi connectivity index (χ0) is 15.5. The zero-order valence-corrected chi connectivity index (χ0v) is 12.1. The van der Waals surface area contributed by atoms with Crippen LogP contribution < -0.4 is 5.69 Å². The maximum absolute atomic E-state index is 12.9. The maximum atomic E-state index is 12.9. The Bertz CT molecular complexity index is 659. The molecule has 0 bridgehead atoms. The molecule has 0 saturated carbocycles. The Morgan fingerprint density at radius 3 is 2.59 bits per heavy atom. The fourth-order valence-corrected chi connectivity index (χ4v) is 2.95. The Hall–Kier alpha value is -1.99. The van der Waals surface area contributed by atoms with Crippen LogP contribution in [0.1, 0.15) is 30.3 Å². The summed E-state index contributed by atoms with van der Waals surface area (Å²) in [5.74, 6) is 0.501. The monoisotopic (exact) mass is 306 g/mol. The van der Waals surface area contributed by atoms with Gasteiger partial charge in [0.25, 0.3) is 0 Å². The molecule has 2 heterocycles. The van der Waals surface area contributed by atoms with E-state index in [0.29, 0.717) is 12.4 Å². The van der Waals surface area contributed by atoms with E-state index in [0.717, 1.165) is 31.5 Å². The van der Waals surface area contributed by atoms with Gasteiger partial charge in [-0.25, -0.2) is 14.3 Å². The van der Waals surface area contributed by atoms with Crippen LogP contribution in [0.2, 0.25) is 0 Å². The van der Waals surface area contributed by atoms with Crippen molar-refractivity contribution >= 4 is 0 Å². The third-order valence-corrected chi connectivity index (χ3v) is 4.21. The molecule has 0 radical (unpaired) electrons. The number of hydrogen-bond donors (Lipinski definition) is 3. The fourth-order valence-electron chi connectivity index (χ4n) is 2.95. The Labute approximate surface area is 127 Å². The van der Waals surface area contributed by atoms with E-state index in [2.05, 4.69) is 20.1 Å². The highest BCUT2D eigenvalue weighted by atomic mass is 19.1. The SMILES string of the molecule is O=c1[nH]nc(CN2CCC(C(O)c3ccc(F)cc3)CC2)[nH]1. The summed E-state index contributed by atoms with van der Waals surface area (Å²) in [5.41, 5.74) is 0.466. The van der Waals surface area contributed by atoms with Crippen molar-refractivity contribution in [2.75, 3.05) is 13.1 Å². The summed E-state index contributed by atoms with van der Waals surface area (Å²) < 4.78 is 12.9. The number of aliphatic hydroxyl groups is 1. The molecule has 1 saturated heterocycles. The molecule has 118 valence electrons. The van der Waals surface area contributed by atoms with Crippen molar-refractivity contribution in [3.05, 3.63) is 52.0 Å². The Balaban J connectivity index is 1.54. The summed E-state index contributed by atoms with van der Waals surface area (Å²) in [7, 11) is 0. The molecular weight excluding hydrogens is 287 g/mol. The van der Waals surface area contributed by atoms with E-state index in [9.17, 15) is 14.3 Å². The third-order valence-electron chi connectivity index (χ3n) is 4.21. The van der Waals surface area contributed by atoms with Crippen molar-refractivity contribution in [3.63, 3.8) is 0 Å². The second-order valence-corrected chi connectivity index (χ2v) is 5.73. The van der Waals surface area contributed by atoms with Crippen LogP contribution in [0.15, 0.2) is 29.1 Å². The van der Waals surface area contributed by atoms with Crippen LogP contribution in [-0.2, 0) is 6.54 Å². The van der Waals surface area contributed by atoms with Crippen LogP contribution in [-0.4, -0.2) is 38.3 Å². The molecule has 1 aliphatic heterocycles. The summed E-state index contributed by atoms with van der Waals surface area (Å²) in [6.45, 7) is 2.26. The van der Waals surface area contributed by atoms with Crippen LogP contribution in [0.5, 0.6) is 0 Å². The maximum Gasteiger partial charge on any atom is 0.340 e. The minimum Gasteiger partial charge on any atom is -0.388 e. The number of rotatable bonds is 4. The van der Waals surface area contributed by atoms with Crippen molar-refractivity contribution in [3.8, 4) is 0 Å². The molecule has 0 spiro atoms. The fraction of sp³-hybridized carbons (Fsp3) is 0.467. The largest absolute Gasteiger partial charge is 0.388 e. The van der Waals surface area contributed by atoms with Gasteiger partial charge in [0.15, 0.2) is 0 Å². The lowest BCUT2D eigenvalue weighted by atomic mass is 9.87. The van der Waals surface area contributed by atoms with E-state index in [-0.39, 0.29) is 17.4 Å². The van der Waals surface area contributed by atoms with Crippen molar-refractivity contribution < 1.29 is 9.50 Å². The first-order chi connectivity index (χ1) is 10.6. The molecule has 1 aromatic carbocycles. The lowest BCUT2D eigenvalue weighted by molar-refractivity contribution is 0.0560. The lowest BCUT2D eigenvalue weighted by Gasteiger charge is -2.33. The molecule has 1 fully saturated rings. The molecule has 0 amide bonds. The molecule has 3 N–H and O–H groups in total. The molecule has 22 heavy (non-hydrogen) atoms. The molecule has 1 aliphatic rings. The lowest BCUT2D eigenvalue weighted by Crippen LogP contribution is -2.35. The number of piperidine rings is 1. The van der Waals surface area contributed by atoms with Gasteiger partial charge in [0, 0.05) is 0 Å². The summed E-state index contributed by atoms with van der Waals surface area (Å²) >= 11 is 0. The molecule has 0 aliphatic carbocycles. The van der Waals surface area contributed by atoms with Crippen LogP contribution in [0, 0.1) is 11.7 Å². The van der Waals surface area contributed by atoms with Gasteiger partial charge in [-0.3, -0.25) is 9.88 Å².